The van der Waals surface area contributed by atoms with Crippen LogP contribution < -0.4 is 10.6 Å². The Morgan fingerprint density at radius 3 is 2.75 bits per heavy atom. The van der Waals surface area contributed by atoms with Gasteiger partial charge in [0.2, 0.25) is 0 Å². The van der Waals surface area contributed by atoms with E-state index in [9.17, 15) is 4.79 Å². The second-order valence-electron chi connectivity index (χ2n) is 4.53. The first kappa shape index (κ1) is 13.9. The number of aryl methyl sites for hydroxylation is 1. The number of nitrogens with two attached hydrogens (primary N) is 1. The average Bonchev–Trinajstić information content (AvgIpc) is 2.45. The van der Waals surface area contributed by atoms with E-state index in [4.69, 9.17) is 10.5 Å². The Kier molecular flexibility index (Phi) is 3.89. The lowest BCUT2D eigenvalue weighted by molar-refractivity contribution is 0.0601. The van der Waals surface area contributed by atoms with Crippen LogP contribution in [-0.2, 0) is 4.74 Å². The number of carbonyl (C=O) groups excluding carboxylic acids is 1. The van der Waals surface area contributed by atoms with Crippen molar-refractivity contribution >= 4 is 23.2 Å². The molecule has 0 aliphatic rings. The number of nitrogens with zero attached hydrogens (tertiary/aromatic N) is 2. The minimum Gasteiger partial charge on any atom is -0.465 e. The summed E-state index contributed by atoms with van der Waals surface area (Å²) in [6, 6.07) is 9.50. The van der Waals surface area contributed by atoms with E-state index in [1.165, 1.54) is 13.3 Å². The number of rotatable bonds is 3. The summed E-state index contributed by atoms with van der Waals surface area (Å²) in [7, 11) is 3.18. The number of benzene rings is 1. The van der Waals surface area contributed by atoms with E-state index in [1.807, 2.05) is 43.1 Å². The van der Waals surface area contributed by atoms with Gasteiger partial charge in [-0.25, -0.2) is 9.78 Å². The van der Waals surface area contributed by atoms with Crippen molar-refractivity contribution < 1.29 is 9.53 Å². The number of carbonyl (C=O) groups is 1. The van der Waals surface area contributed by atoms with E-state index in [1.54, 1.807) is 6.07 Å². The van der Waals surface area contributed by atoms with Gasteiger partial charge < -0.3 is 15.4 Å². The predicted octanol–water partition coefficient (Wildman–Crippen LogP) is 2.53. The molecule has 0 aliphatic carbocycles. The summed E-state index contributed by atoms with van der Waals surface area (Å²) in [4.78, 5) is 17.9. The highest BCUT2D eigenvalue weighted by Gasteiger charge is 2.18. The highest BCUT2D eigenvalue weighted by atomic mass is 16.5. The second kappa shape index (κ2) is 5.61. The summed E-state index contributed by atoms with van der Waals surface area (Å²) >= 11 is 0. The van der Waals surface area contributed by atoms with E-state index < -0.39 is 5.97 Å². The molecule has 1 aromatic carbocycles. The predicted molar refractivity (Wildman–Crippen MR) is 79.2 cm³/mol. The Labute approximate surface area is 118 Å². The zero-order chi connectivity index (χ0) is 14.7. The fourth-order valence-electron chi connectivity index (χ4n) is 1.96. The second-order valence-corrected chi connectivity index (χ2v) is 4.53. The number of methoxy groups -OCH3 is 1. The zero-order valence-electron chi connectivity index (χ0n) is 11.8. The van der Waals surface area contributed by atoms with Crippen LogP contribution in [0.5, 0.6) is 0 Å². The van der Waals surface area contributed by atoms with Gasteiger partial charge in [-0.05, 0) is 30.7 Å². The molecule has 0 saturated heterocycles. The van der Waals surface area contributed by atoms with E-state index >= 15 is 0 Å². The first-order valence-corrected chi connectivity index (χ1v) is 6.17. The van der Waals surface area contributed by atoms with Crippen LogP contribution in [0, 0.1) is 6.92 Å². The molecule has 0 amide bonds. The van der Waals surface area contributed by atoms with Crippen LogP contribution in [0.4, 0.5) is 17.2 Å². The number of nitrogen functional groups attached to an aromatic ring is 1. The van der Waals surface area contributed by atoms with Crippen molar-refractivity contribution in [3.63, 3.8) is 0 Å². The third-order valence-electron chi connectivity index (χ3n) is 3.00. The maximum Gasteiger partial charge on any atom is 0.341 e. The number of anilines is 3. The number of esters is 1. The van der Waals surface area contributed by atoms with Gasteiger partial charge in [-0.3, -0.25) is 0 Å². The van der Waals surface area contributed by atoms with Crippen LogP contribution in [0.1, 0.15) is 15.9 Å². The number of hydrogen-bond acceptors (Lipinski definition) is 5. The van der Waals surface area contributed by atoms with Crippen molar-refractivity contribution in [3.8, 4) is 0 Å². The monoisotopic (exact) mass is 271 g/mol. The molecule has 5 heteroatoms. The van der Waals surface area contributed by atoms with Gasteiger partial charge >= 0.3 is 5.97 Å². The van der Waals surface area contributed by atoms with Crippen molar-refractivity contribution in [2.75, 3.05) is 24.8 Å². The third-order valence-corrected chi connectivity index (χ3v) is 3.00. The average molecular weight is 271 g/mol. The number of hydrogen-bond donors (Lipinski definition) is 1. The molecule has 20 heavy (non-hydrogen) atoms. The maximum atomic E-state index is 11.8. The molecule has 0 atom stereocenters. The maximum absolute atomic E-state index is 11.8. The molecule has 0 bridgehead atoms. The smallest absolute Gasteiger partial charge is 0.341 e. The van der Waals surface area contributed by atoms with Crippen LogP contribution in [0.2, 0.25) is 0 Å². The Bertz CT molecular complexity index is 641. The summed E-state index contributed by atoms with van der Waals surface area (Å²) in [5.41, 5.74) is 8.53. The van der Waals surface area contributed by atoms with Gasteiger partial charge in [0.25, 0.3) is 0 Å². The molecular weight excluding hydrogens is 254 g/mol. The van der Waals surface area contributed by atoms with Crippen LogP contribution in [0.15, 0.2) is 36.5 Å². The van der Waals surface area contributed by atoms with E-state index in [2.05, 4.69) is 4.98 Å². The Morgan fingerprint density at radius 1 is 1.35 bits per heavy atom. The SMILES string of the molecule is COC(=O)c1cc(N)cnc1N(C)c1cccc(C)c1. The summed E-state index contributed by atoms with van der Waals surface area (Å²) in [5.74, 6) is 0.0518. The molecule has 1 heterocycles. The van der Waals surface area contributed by atoms with Crippen molar-refractivity contribution in [1.29, 1.82) is 0 Å². The Balaban J connectivity index is 2.49. The molecule has 2 aromatic rings. The summed E-state index contributed by atoms with van der Waals surface area (Å²) in [6.07, 6.45) is 1.52. The lowest BCUT2D eigenvalue weighted by Gasteiger charge is -2.21. The van der Waals surface area contributed by atoms with Gasteiger partial charge in [0, 0.05) is 12.7 Å². The van der Waals surface area contributed by atoms with E-state index in [0.29, 0.717) is 17.1 Å². The topological polar surface area (TPSA) is 68.5 Å². The van der Waals surface area contributed by atoms with E-state index in [0.717, 1.165) is 11.3 Å². The molecule has 104 valence electrons. The molecular formula is C15H17N3O2. The van der Waals surface area contributed by atoms with Gasteiger partial charge in [0.05, 0.1) is 19.0 Å². The first-order chi connectivity index (χ1) is 9.52. The largest absolute Gasteiger partial charge is 0.465 e. The molecule has 2 rings (SSSR count). The quantitative estimate of drug-likeness (QED) is 0.869. The summed E-state index contributed by atoms with van der Waals surface area (Å²) < 4.78 is 4.78. The zero-order valence-corrected chi connectivity index (χ0v) is 11.8. The highest BCUT2D eigenvalue weighted by molar-refractivity contribution is 5.96. The fourth-order valence-corrected chi connectivity index (χ4v) is 1.96. The number of aromatic nitrogens is 1. The minimum atomic E-state index is -0.459. The highest BCUT2D eigenvalue weighted by Crippen LogP contribution is 2.27. The molecule has 1 aromatic heterocycles. The normalized spacial score (nSPS) is 10.2. The summed E-state index contributed by atoms with van der Waals surface area (Å²) in [5, 5.41) is 0. The molecule has 0 aliphatic heterocycles. The summed E-state index contributed by atoms with van der Waals surface area (Å²) in [6.45, 7) is 2.01. The van der Waals surface area contributed by atoms with Gasteiger partial charge in [-0.1, -0.05) is 12.1 Å². The van der Waals surface area contributed by atoms with Crippen LogP contribution in [-0.4, -0.2) is 25.1 Å². The van der Waals surface area contributed by atoms with Crippen molar-refractivity contribution in [1.82, 2.24) is 4.98 Å². The van der Waals surface area contributed by atoms with Gasteiger partial charge in [-0.15, -0.1) is 0 Å². The fraction of sp³-hybridized carbons (Fsp3) is 0.200. The van der Waals surface area contributed by atoms with Crippen molar-refractivity contribution in [2.24, 2.45) is 0 Å². The first-order valence-electron chi connectivity index (χ1n) is 6.17. The molecule has 0 fully saturated rings. The Hall–Kier alpha value is -2.56. The number of ether oxygens (including phenoxy) is 1. The molecule has 0 unspecified atom stereocenters. The lowest BCUT2D eigenvalue weighted by Crippen LogP contribution is -2.17. The lowest BCUT2D eigenvalue weighted by atomic mass is 10.2. The minimum absolute atomic E-state index is 0.344. The van der Waals surface area contributed by atoms with Crippen molar-refractivity contribution in [2.45, 2.75) is 6.92 Å². The third kappa shape index (κ3) is 2.71. The molecule has 0 saturated carbocycles. The van der Waals surface area contributed by atoms with Gasteiger partial charge in [0.15, 0.2) is 0 Å². The standard InChI is InChI=1S/C15H17N3O2/c1-10-5-4-6-12(7-10)18(2)14-13(15(19)20-3)8-11(16)9-17-14/h4-9H,16H2,1-3H3. The van der Waals surface area contributed by atoms with Crippen molar-refractivity contribution in [3.05, 3.63) is 47.7 Å². The molecule has 2 N–H and O–H groups in total. The van der Waals surface area contributed by atoms with Crippen LogP contribution in [0.25, 0.3) is 0 Å². The van der Waals surface area contributed by atoms with Crippen LogP contribution >= 0.6 is 0 Å². The van der Waals surface area contributed by atoms with Gasteiger partial charge in [-0.2, -0.15) is 0 Å². The molecule has 0 radical (unpaired) electrons. The molecule has 5 nitrogen and oxygen atoms in total. The molecule has 0 spiro atoms. The Morgan fingerprint density at radius 2 is 2.10 bits per heavy atom. The number of pyridine rings is 1. The van der Waals surface area contributed by atoms with E-state index in [-0.39, 0.29) is 0 Å². The van der Waals surface area contributed by atoms with Gasteiger partial charge in [0.1, 0.15) is 11.4 Å². The van der Waals surface area contributed by atoms with Crippen LogP contribution in [0.3, 0.4) is 0 Å².